The molecular weight excluding hydrogens is 304 g/mol. The second-order valence-electron chi connectivity index (χ2n) is 6.80. The predicted octanol–water partition coefficient (Wildman–Crippen LogP) is 0.185. The average molecular weight is 334 g/mol. The maximum absolute atomic E-state index is 12.4. The molecule has 130 valence electrons. The number of likely N-dealkylation sites (tertiary alicyclic amines) is 1. The van der Waals surface area contributed by atoms with Gasteiger partial charge in [-0.2, -0.15) is 8.42 Å². The molecule has 1 fully saturated rings. The normalized spacial score (nSPS) is 22.3. The Hall–Kier alpha value is -0.700. The van der Waals surface area contributed by atoms with E-state index in [2.05, 4.69) is 14.9 Å². The first-order chi connectivity index (χ1) is 10.0. The van der Waals surface area contributed by atoms with Gasteiger partial charge in [0.15, 0.2) is 0 Å². The summed E-state index contributed by atoms with van der Waals surface area (Å²) in [5.41, 5.74) is -0.213. The number of amides is 1. The molecule has 0 saturated carbocycles. The molecule has 0 aromatic rings. The number of hydrogen-bond donors (Lipinski definition) is 3. The number of piperidine rings is 1. The summed E-state index contributed by atoms with van der Waals surface area (Å²) in [7, 11) is -3.65. The Kier molecular flexibility index (Phi) is 6.79. The lowest BCUT2D eigenvalue weighted by atomic mass is 9.96. The summed E-state index contributed by atoms with van der Waals surface area (Å²) < 4.78 is 24.3. The summed E-state index contributed by atoms with van der Waals surface area (Å²) in [4.78, 5) is 14.5. The Balaban J connectivity index is 2.55. The summed E-state index contributed by atoms with van der Waals surface area (Å²) in [5, 5.41) is 8.03. The first-order valence-electron chi connectivity index (χ1n) is 7.87. The average Bonchev–Trinajstić information content (AvgIpc) is 2.43. The molecule has 0 aromatic heterocycles. The number of hydrogen-bond acceptors (Lipinski definition) is 4. The van der Waals surface area contributed by atoms with Crippen LogP contribution in [0.2, 0.25) is 0 Å². The van der Waals surface area contributed by atoms with Gasteiger partial charge in [-0.05, 0) is 52.5 Å². The molecule has 1 aliphatic rings. The fraction of sp³-hybridized carbons (Fsp3) is 0.929. The van der Waals surface area contributed by atoms with E-state index in [1.807, 2.05) is 27.7 Å². The lowest BCUT2D eigenvalue weighted by molar-refractivity contribution is -0.128. The molecule has 1 saturated heterocycles. The third-order valence-corrected chi connectivity index (χ3v) is 4.97. The largest absolute Gasteiger partial charge is 0.350 e. The first kappa shape index (κ1) is 19.3. The highest BCUT2D eigenvalue weighted by Gasteiger charge is 2.29. The van der Waals surface area contributed by atoms with Gasteiger partial charge in [-0.15, -0.1) is 0 Å². The summed E-state index contributed by atoms with van der Waals surface area (Å²) in [6, 6.07) is -0.219. The Labute approximate surface area is 134 Å². The molecule has 1 rings (SSSR count). The van der Waals surface area contributed by atoms with Crippen molar-refractivity contribution in [2.45, 2.75) is 58.5 Å². The van der Waals surface area contributed by atoms with E-state index in [-0.39, 0.29) is 23.4 Å². The van der Waals surface area contributed by atoms with Crippen LogP contribution in [0.1, 0.15) is 47.0 Å². The second kappa shape index (κ2) is 7.72. The molecule has 1 amide bonds. The second-order valence-corrected chi connectivity index (χ2v) is 8.18. The molecule has 7 nitrogen and oxygen atoms in total. The van der Waals surface area contributed by atoms with E-state index >= 15 is 0 Å². The quantitative estimate of drug-likeness (QED) is 0.618. The zero-order valence-electron chi connectivity index (χ0n) is 14.1. The third kappa shape index (κ3) is 6.60. The number of nitrogens with two attached hydrogens (primary N) is 1. The highest BCUT2D eigenvalue weighted by Crippen LogP contribution is 2.19. The van der Waals surface area contributed by atoms with E-state index in [1.165, 1.54) is 0 Å². The molecule has 22 heavy (non-hydrogen) atoms. The topological polar surface area (TPSA) is 105 Å². The fourth-order valence-electron chi connectivity index (χ4n) is 2.54. The Bertz CT molecular complexity index is 478. The van der Waals surface area contributed by atoms with Crippen molar-refractivity contribution in [2.24, 2.45) is 11.1 Å². The van der Waals surface area contributed by atoms with Crippen molar-refractivity contribution in [3.05, 3.63) is 0 Å². The number of carbonyl (C=O) groups is 1. The minimum atomic E-state index is -3.65. The summed E-state index contributed by atoms with van der Waals surface area (Å²) in [6.07, 6.45) is 2.76. The zero-order chi connectivity index (χ0) is 17.0. The van der Waals surface area contributed by atoms with E-state index in [0.717, 1.165) is 25.8 Å². The maximum atomic E-state index is 12.4. The Morgan fingerprint density at radius 3 is 2.64 bits per heavy atom. The Morgan fingerprint density at radius 1 is 1.45 bits per heavy atom. The molecule has 2 atom stereocenters. The van der Waals surface area contributed by atoms with Gasteiger partial charge < -0.3 is 5.32 Å². The molecule has 0 aromatic carbocycles. The van der Waals surface area contributed by atoms with Crippen LogP contribution in [0.3, 0.4) is 0 Å². The highest BCUT2D eigenvalue weighted by atomic mass is 32.2. The van der Waals surface area contributed by atoms with Gasteiger partial charge in [-0.25, -0.2) is 9.86 Å². The van der Waals surface area contributed by atoms with E-state index in [4.69, 9.17) is 5.14 Å². The van der Waals surface area contributed by atoms with E-state index in [9.17, 15) is 13.2 Å². The number of rotatable bonds is 7. The molecule has 0 radical (unpaired) electrons. The van der Waals surface area contributed by atoms with Crippen LogP contribution in [0.5, 0.6) is 0 Å². The minimum Gasteiger partial charge on any atom is -0.350 e. The summed E-state index contributed by atoms with van der Waals surface area (Å²) >= 11 is 0. The van der Waals surface area contributed by atoms with Gasteiger partial charge in [0.2, 0.25) is 5.91 Å². The van der Waals surface area contributed by atoms with Crippen LogP contribution in [0.25, 0.3) is 0 Å². The van der Waals surface area contributed by atoms with Gasteiger partial charge >= 0.3 is 0 Å². The van der Waals surface area contributed by atoms with E-state index in [1.54, 1.807) is 0 Å². The van der Waals surface area contributed by atoms with Crippen molar-refractivity contribution in [1.29, 1.82) is 0 Å². The van der Waals surface area contributed by atoms with Crippen molar-refractivity contribution in [3.8, 4) is 0 Å². The SMILES string of the molecule is CCC(C)(C)NC(=O)[C@H](C)N1CCC[C@H](CNS(N)(=O)=O)C1. The Morgan fingerprint density at radius 2 is 2.09 bits per heavy atom. The molecule has 4 N–H and O–H groups in total. The highest BCUT2D eigenvalue weighted by molar-refractivity contribution is 7.87. The number of carbonyl (C=O) groups excluding carboxylic acids is 1. The third-order valence-electron chi connectivity index (χ3n) is 4.40. The van der Waals surface area contributed by atoms with Crippen molar-refractivity contribution >= 4 is 16.1 Å². The molecule has 0 spiro atoms. The van der Waals surface area contributed by atoms with Crippen LogP contribution in [0.4, 0.5) is 0 Å². The van der Waals surface area contributed by atoms with E-state index in [0.29, 0.717) is 13.1 Å². The summed E-state index contributed by atoms with van der Waals surface area (Å²) in [5.74, 6) is 0.202. The van der Waals surface area contributed by atoms with Gasteiger partial charge in [0.05, 0.1) is 6.04 Å². The molecule has 0 bridgehead atoms. The van der Waals surface area contributed by atoms with Gasteiger partial charge in [0.1, 0.15) is 0 Å². The van der Waals surface area contributed by atoms with Crippen LogP contribution in [0.15, 0.2) is 0 Å². The smallest absolute Gasteiger partial charge is 0.274 e. The van der Waals surface area contributed by atoms with Crippen LogP contribution in [0, 0.1) is 5.92 Å². The van der Waals surface area contributed by atoms with Crippen LogP contribution >= 0.6 is 0 Å². The van der Waals surface area contributed by atoms with Gasteiger partial charge in [0, 0.05) is 18.6 Å². The monoisotopic (exact) mass is 334 g/mol. The van der Waals surface area contributed by atoms with Crippen LogP contribution in [-0.2, 0) is 15.0 Å². The molecule has 1 heterocycles. The first-order valence-corrected chi connectivity index (χ1v) is 9.42. The predicted molar refractivity (Wildman–Crippen MR) is 87.4 cm³/mol. The van der Waals surface area contributed by atoms with Crippen molar-refractivity contribution < 1.29 is 13.2 Å². The number of nitrogens with zero attached hydrogens (tertiary/aromatic N) is 1. The van der Waals surface area contributed by atoms with Crippen molar-refractivity contribution in [3.63, 3.8) is 0 Å². The molecule has 0 aliphatic carbocycles. The minimum absolute atomic E-state index is 0.0203. The zero-order valence-corrected chi connectivity index (χ0v) is 14.9. The van der Waals surface area contributed by atoms with Crippen LogP contribution in [-0.4, -0.2) is 50.4 Å². The lowest BCUT2D eigenvalue weighted by Crippen LogP contribution is -2.54. The van der Waals surface area contributed by atoms with Gasteiger partial charge in [0.25, 0.3) is 10.2 Å². The molecular formula is C14H30N4O3S. The van der Waals surface area contributed by atoms with Gasteiger partial charge in [-0.1, -0.05) is 6.92 Å². The van der Waals surface area contributed by atoms with Gasteiger partial charge in [-0.3, -0.25) is 9.69 Å². The van der Waals surface area contributed by atoms with Crippen molar-refractivity contribution in [2.75, 3.05) is 19.6 Å². The fourth-order valence-corrected chi connectivity index (χ4v) is 3.01. The standard InChI is InChI=1S/C14H30N4O3S/c1-5-14(3,4)17-13(19)11(2)18-8-6-7-12(10-18)9-16-22(15,20)21/h11-12,16H,5-10H2,1-4H3,(H,17,19)(H2,15,20,21)/t11-,12+/m0/s1. The van der Waals surface area contributed by atoms with Crippen molar-refractivity contribution in [1.82, 2.24) is 14.9 Å². The maximum Gasteiger partial charge on any atom is 0.274 e. The lowest BCUT2D eigenvalue weighted by Gasteiger charge is -2.37. The number of nitrogens with one attached hydrogen (secondary N) is 2. The molecule has 1 aliphatic heterocycles. The molecule has 0 unspecified atom stereocenters. The van der Waals surface area contributed by atoms with Crippen LogP contribution < -0.4 is 15.2 Å². The summed E-state index contributed by atoms with van der Waals surface area (Å²) in [6.45, 7) is 9.83. The van der Waals surface area contributed by atoms with E-state index < -0.39 is 10.2 Å². The molecule has 8 heteroatoms.